The molecule has 2 heterocycles. The van der Waals surface area contributed by atoms with Gasteiger partial charge in [0, 0.05) is 29.3 Å². The minimum absolute atomic E-state index is 0.555. The number of nitrogens with zero attached hydrogens (tertiary/aromatic N) is 1. The second-order valence-electron chi connectivity index (χ2n) is 5.16. The third kappa shape index (κ3) is 3.02. The van der Waals surface area contributed by atoms with Crippen LogP contribution in [0.4, 0.5) is 0 Å². The predicted molar refractivity (Wildman–Crippen MR) is 81.7 cm³/mol. The fraction of sp³-hybridized carbons (Fsp3) is 0.375. The van der Waals surface area contributed by atoms with E-state index in [0.29, 0.717) is 6.04 Å². The highest BCUT2D eigenvalue weighted by atomic mass is 35.5. The summed E-state index contributed by atoms with van der Waals surface area (Å²) < 4.78 is 2.24. The highest BCUT2D eigenvalue weighted by Crippen LogP contribution is 2.20. The molecule has 1 aromatic carbocycles. The molecule has 1 unspecified atom stereocenters. The zero-order chi connectivity index (χ0) is 13.1. The lowest BCUT2D eigenvalue weighted by Gasteiger charge is -2.20. The van der Waals surface area contributed by atoms with Crippen LogP contribution in [-0.4, -0.2) is 17.2 Å². The van der Waals surface area contributed by atoms with Crippen LogP contribution in [0.5, 0.6) is 0 Å². The van der Waals surface area contributed by atoms with Crippen molar-refractivity contribution >= 4 is 22.5 Å². The smallest absolute Gasteiger partial charge is 0.0498 e. The first-order valence-electron chi connectivity index (χ1n) is 6.97. The number of hydrogen-bond acceptors (Lipinski definition) is 1. The van der Waals surface area contributed by atoms with Crippen LogP contribution >= 0.6 is 11.6 Å². The van der Waals surface area contributed by atoms with E-state index in [1.807, 2.05) is 12.1 Å². The molecule has 0 saturated carbocycles. The summed E-state index contributed by atoms with van der Waals surface area (Å²) in [6, 6.07) is 8.73. The summed E-state index contributed by atoms with van der Waals surface area (Å²) >= 11 is 6.06. The summed E-state index contributed by atoms with van der Waals surface area (Å²) in [5.41, 5.74) is 1.20. The van der Waals surface area contributed by atoms with Gasteiger partial charge in [0.1, 0.15) is 0 Å². The summed E-state index contributed by atoms with van der Waals surface area (Å²) in [6.07, 6.45) is 10.6. The SMILES string of the molecule is Clc1ccc2ccn(C/C=C/C3CCCCN3)c2c1. The van der Waals surface area contributed by atoms with Crippen molar-refractivity contribution in [2.24, 2.45) is 0 Å². The highest BCUT2D eigenvalue weighted by molar-refractivity contribution is 6.31. The van der Waals surface area contributed by atoms with Gasteiger partial charge < -0.3 is 9.88 Å². The molecule has 1 fully saturated rings. The molecule has 0 aliphatic carbocycles. The van der Waals surface area contributed by atoms with E-state index in [1.54, 1.807) is 0 Å². The Labute approximate surface area is 119 Å². The van der Waals surface area contributed by atoms with E-state index >= 15 is 0 Å². The molecule has 0 spiro atoms. The minimum Gasteiger partial charge on any atom is -0.344 e. The van der Waals surface area contributed by atoms with Gasteiger partial charge in [-0.2, -0.15) is 0 Å². The molecule has 1 N–H and O–H groups in total. The molecule has 1 saturated heterocycles. The van der Waals surface area contributed by atoms with Crippen LogP contribution in [0.1, 0.15) is 19.3 Å². The van der Waals surface area contributed by atoms with Gasteiger partial charge in [-0.05, 0) is 43.0 Å². The van der Waals surface area contributed by atoms with Gasteiger partial charge in [0.25, 0.3) is 0 Å². The Kier molecular flexibility index (Phi) is 3.90. The van der Waals surface area contributed by atoms with Gasteiger partial charge in [-0.25, -0.2) is 0 Å². The van der Waals surface area contributed by atoms with E-state index in [9.17, 15) is 0 Å². The third-order valence-electron chi connectivity index (χ3n) is 3.75. The first kappa shape index (κ1) is 12.8. The summed E-state index contributed by atoms with van der Waals surface area (Å²) in [7, 11) is 0. The number of aromatic nitrogens is 1. The molecule has 0 radical (unpaired) electrons. The van der Waals surface area contributed by atoms with E-state index in [0.717, 1.165) is 18.1 Å². The van der Waals surface area contributed by atoms with E-state index < -0.39 is 0 Å². The van der Waals surface area contributed by atoms with Gasteiger partial charge in [0.15, 0.2) is 0 Å². The van der Waals surface area contributed by atoms with E-state index in [2.05, 4.69) is 40.4 Å². The van der Waals surface area contributed by atoms with Crippen molar-refractivity contribution in [2.45, 2.75) is 31.8 Å². The summed E-state index contributed by atoms with van der Waals surface area (Å²) in [5, 5.41) is 5.57. The molecule has 2 nitrogen and oxygen atoms in total. The lowest BCUT2D eigenvalue weighted by molar-refractivity contribution is 0.453. The quantitative estimate of drug-likeness (QED) is 0.838. The summed E-state index contributed by atoms with van der Waals surface area (Å²) in [4.78, 5) is 0. The number of benzene rings is 1. The Balaban J connectivity index is 1.71. The van der Waals surface area contributed by atoms with Gasteiger partial charge in [-0.3, -0.25) is 0 Å². The predicted octanol–water partition coefficient (Wildman–Crippen LogP) is 3.99. The molecule has 100 valence electrons. The molecule has 1 aromatic heterocycles. The Morgan fingerprint density at radius 3 is 3.11 bits per heavy atom. The van der Waals surface area contributed by atoms with Crippen LogP contribution in [0.15, 0.2) is 42.6 Å². The zero-order valence-corrected chi connectivity index (χ0v) is 11.7. The Hall–Kier alpha value is -1.25. The molecule has 0 bridgehead atoms. The van der Waals surface area contributed by atoms with Crippen LogP contribution in [-0.2, 0) is 6.54 Å². The van der Waals surface area contributed by atoms with Crippen LogP contribution < -0.4 is 5.32 Å². The molecular formula is C16H19ClN2. The lowest BCUT2D eigenvalue weighted by atomic mass is 10.0. The van der Waals surface area contributed by atoms with E-state index in [4.69, 9.17) is 11.6 Å². The average molecular weight is 275 g/mol. The Morgan fingerprint density at radius 2 is 2.26 bits per heavy atom. The summed E-state index contributed by atoms with van der Waals surface area (Å²) in [5.74, 6) is 0. The molecular weight excluding hydrogens is 256 g/mol. The maximum atomic E-state index is 6.06. The monoisotopic (exact) mass is 274 g/mol. The number of hydrogen-bond donors (Lipinski definition) is 1. The molecule has 3 rings (SSSR count). The molecule has 1 aliphatic heterocycles. The molecule has 19 heavy (non-hydrogen) atoms. The van der Waals surface area contributed by atoms with Crippen LogP contribution in [0.2, 0.25) is 5.02 Å². The topological polar surface area (TPSA) is 17.0 Å². The Morgan fingerprint density at radius 1 is 1.32 bits per heavy atom. The van der Waals surface area contributed by atoms with E-state index in [-0.39, 0.29) is 0 Å². The number of fused-ring (bicyclic) bond motifs is 1. The van der Waals surface area contributed by atoms with Crippen molar-refractivity contribution in [2.75, 3.05) is 6.54 Å². The van der Waals surface area contributed by atoms with Crippen molar-refractivity contribution in [3.63, 3.8) is 0 Å². The zero-order valence-electron chi connectivity index (χ0n) is 11.0. The van der Waals surface area contributed by atoms with Crippen LogP contribution in [0, 0.1) is 0 Å². The van der Waals surface area contributed by atoms with Crippen molar-refractivity contribution in [1.82, 2.24) is 9.88 Å². The lowest BCUT2D eigenvalue weighted by Crippen LogP contribution is -2.32. The van der Waals surface area contributed by atoms with Crippen molar-refractivity contribution in [3.05, 3.63) is 47.6 Å². The second-order valence-corrected chi connectivity index (χ2v) is 5.59. The standard InChI is InChI=1S/C16H19ClN2/c17-14-7-6-13-8-11-19(16(13)12-14)10-3-5-15-4-1-2-9-18-15/h3,5-8,11-12,15,18H,1-2,4,9-10H2/b5-3+. The van der Waals surface area contributed by atoms with Gasteiger partial charge in [-0.1, -0.05) is 36.2 Å². The maximum absolute atomic E-state index is 6.06. The van der Waals surface area contributed by atoms with Crippen molar-refractivity contribution < 1.29 is 0 Å². The second kappa shape index (κ2) is 5.81. The number of allylic oxidation sites excluding steroid dienone is 1. The normalized spacial score (nSPS) is 20.4. The fourth-order valence-electron chi connectivity index (χ4n) is 2.70. The number of halogens is 1. The minimum atomic E-state index is 0.555. The summed E-state index contributed by atoms with van der Waals surface area (Å²) in [6.45, 7) is 2.05. The van der Waals surface area contributed by atoms with Gasteiger partial charge in [-0.15, -0.1) is 0 Å². The van der Waals surface area contributed by atoms with E-state index in [1.165, 1.54) is 30.2 Å². The van der Waals surface area contributed by atoms with Gasteiger partial charge >= 0.3 is 0 Å². The molecule has 1 atom stereocenters. The first-order chi connectivity index (χ1) is 9.33. The highest BCUT2D eigenvalue weighted by Gasteiger charge is 2.08. The van der Waals surface area contributed by atoms with Crippen molar-refractivity contribution in [3.8, 4) is 0 Å². The first-order valence-corrected chi connectivity index (χ1v) is 7.35. The molecule has 2 aromatic rings. The number of rotatable bonds is 3. The molecule has 1 aliphatic rings. The van der Waals surface area contributed by atoms with Gasteiger partial charge in [0.05, 0.1) is 0 Å². The Bertz CT molecular complexity index is 579. The number of piperidine rings is 1. The number of nitrogens with one attached hydrogen (secondary N) is 1. The molecule has 3 heteroatoms. The largest absolute Gasteiger partial charge is 0.344 e. The van der Waals surface area contributed by atoms with Crippen LogP contribution in [0.25, 0.3) is 10.9 Å². The van der Waals surface area contributed by atoms with Gasteiger partial charge in [0.2, 0.25) is 0 Å². The molecule has 0 amide bonds. The van der Waals surface area contributed by atoms with Crippen molar-refractivity contribution in [1.29, 1.82) is 0 Å². The third-order valence-corrected chi connectivity index (χ3v) is 3.99. The average Bonchev–Trinajstić information content (AvgIpc) is 2.83. The van der Waals surface area contributed by atoms with Crippen LogP contribution in [0.3, 0.4) is 0 Å². The maximum Gasteiger partial charge on any atom is 0.0498 e. The fourth-order valence-corrected chi connectivity index (χ4v) is 2.86.